The molecule has 2 aromatic rings. The number of hydrogen-bond donors (Lipinski definition) is 3. The van der Waals surface area contributed by atoms with E-state index in [0.29, 0.717) is 5.82 Å². The van der Waals surface area contributed by atoms with Gasteiger partial charge in [-0.15, -0.1) is 0 Å². The Morgan fingerprint density at radius 3 is 3.00 bits per heavy atom. The molecule has 0 aromatic carbocycles. The molecular weight excluding hydrogens is 182 g/mol. The van der Waals surface area contributed by atoms with E-state index in [1.807, 2.05) is 0 Å². The SMILES string of the molecule is O=C(O)Cc1c[nH]c(-c2ncc[nH]2)c1. The molecule has 0 amide bonds. The lowest BCUT2D eigenvalue weighted by Gasteiger charge is -1.88. The summed E-state index contributed by atoms with van der Waals surface area (Å²) in [5, 5.41) is 8.57. The smallest absolute Gasteiger partial charge is 0.307 e. The fraction of sp³-hybridized carbons (Fsp3) is 0.111. The molecule has 72 valence electrons. The molecule has 5 heteroatoms. The lowest BCUT2D eigenvalue weighted by atomic mass is 10.2. The van der Waals surface area contributed by atoms with Crippen LogP contribution in [0.25, 0.3) is 11.5 Å². The van der Waals surface area contributed by atoms with Crippen molar-refractivity contribution in [1.29, 1.82) is 0 Å². The quantitative estimate of drug-likeness (QED) is 0.677. The largest absolute Gasteiger partial charge is 0.481 e. The van der Waals surface area contributed by atoms with Crippen LogP contribution in [-0.4, -0.2) is 26.0 Å². The fourth-order valence-electron chi connectivity index (χ4n) is 1.27. The van der Waals surface area contributed by atoms with E-state index in [9.17, 15) is 4.79 Å². The van der Waals surface area contributed by atoms with Gasteiger partial charge < -0.3 is 15.1 Å². The second-order valence-electron chi connectivity index (χ2n) is 2.93. The van der Waals surface area contributed by atoms with Crippen LogP contribution in [0, 0.1) is 0 Å². The van der Waals surface area contributed by atoms with E-state index >= 15 is 0 Å². The van der Waals surface area contributed by atoms with Crippen molar-refractivity contribution in [3.63, 3.8) is 0 Å². The van der Waals surface area contributed by atoms with E-state index in [2.05, 4.69) is 15.0 Å². The highest BCUT2D eigenvalue weighted by Crippen LogP contribution is 2.14. The van der Waals surface area contributed by atoms with Crippen LogP contribution in [0.15, 0.2) is 24.7 Å². The van der Waals surface area contributed by atoms with Crippen LogP contribution in [0.1, 0.15) is 5.56 Å². The van der Waals surface area contributed by atoms with Crippen molar-refractivity contribution in [2.45, 2.75) is 6.42 Å². The van der Waals surface area contributed by atoms with Gasteiger partial charge in [-0.3, -0.25) is 4.79 Å². The van der Waals surface area contributed by atoms with Crippen molar-refractivity contribution < 1.29 is 9.90 Å². The number of aromatic amines is 2. The summed E-state index contributed by atoms with van der Waals surface area (Å²) < 4.78 is 0. The van der Waals surface area contributed by atoms with Crippen molar-refractivity contribution in [2.75, 3.05) is 0 Å². The number of carbonyl (C=O) groups is 1. The normalized spacial score (nSPS) is 10.3. The van der Waals surface area contributed by atoms with E-state index in [4.69, 9.17) is 5.11 Å². The molecule has 14 heavy (non-hydrogen) atoms. The predicted molar refractivity (Wildman–Crippen MR) is 49.7 cm³/mol. The molecule has 0 bridgehead atoms. The Hall–Kier alpha value is -2.04. The van der Waals surface area contributed by atoms with Crippen molar-refractivity contribution in [3.8, 4) is 11.5 Å². The maximum Gasteiger partial charge on any atom is 0.307 e. The summed E-state index contributed by atoms with van der Waals surface area (Å²) in [6, 6.07) is 1.77. The molecule has 0 saturated heterocycles. The number of H-pyrrole nitrogens is 2. The average molecular weight is 191 g/mol. The molecule has 5 nitrogen and oxygen atoms in total. The summed E-state index contributed by atoms with van der Waals surface area (Å²) in [4.78, 5) is 20.4. The number of imidazole rings is 1. The van der Waals surface area contributed by atoms with Crippen LogP contribution in [0.5, 0.6) is 0 Å². The molecule has 2 heterocycles. The lowest BCUT2D eigenvalue weighted by Crippen LogP contribution is -1.97. The number of rotatable bonds is 3. The van der Waals surface area contributed by atoms with Crippen LogP contribution < -0.4 is 0 Å². The van der Waals surface area contributed by atoms with E-state index in [-0.39, 0.29) is 6.42 Å². The molecule has 0 radical (unpaired) electrons. The molecule has 0 atom stereocenters. The Labute approximate surface area is 79.8 Å². The lowest BCUT2D eigenvalue weighted by molar-refractivity contribution is -0.136. The number of carboxylic acids is 1. The minimum Gasteiger partial charge on any atom is -0.481 e. The van der Waals surface area contributed by atoms with Crippen LogP contribution in [0.2, 0.25) is 0 Å². The van der Waals surface area contributed by atoms with Gasteiger partial charge in [0.15, 0.2) is 5.82 Å². The topological polar surface area (TPSA) is 81.8 Å². The third-order valence-corrected chi connectivity index (χ3v) is 1.85. The first-order valence-corrected chi connectivity index (χ1v) is 4.14. The molecule has 2 aromatic heterocycles. The monoisotopic (exact) mass is 191 g/mol. The van der Waals surface area contributed by atoms with Crippen molar-refractivity contribution >= 4 is 5.97 Å². The van der Waals surface area contributed by atoms with E-state index in [1.165, 1.54) is 0 Å². The Morgan fingerprint density at radius 2 is 2.36 bits per heavy atom. The summed E-state index contributed by atoms with van der Waals surface area (Å²) in [6.07, 6.45) is 5.06. The first-order valence-electron chi connectivity index (χ1n) is 4.14. The number of aliphatic carboxylic acids is 1. The zero-order valence-corrected chi connectivity index (χ0v) is 7.32. The van der Waals surface area contributed by atoms with Gasteiger partial charge in [0, 0.05) is 18.6 Å². The maximum absolute atomic E-state index is 10.4. The molecule has 0 aliphatic heterocycles. The highest BCUT2D eigenvalue weighted by Gasteiger charge is 2.06. The standard InChI is InChI=1S/C9H9N3O2/c13-8(14)4-6-3-7(12-5-6)9-10-1-2-11-9/h1-3,5,12H,4H2,(H,10,11)(H,13,14). The highest BCUT2D eigenvalue weighted by atomic mass is 16.4. The van der Waals surface area contributed by atoms with Crippen molar-refractivity contribution in [3.05, 3.63) is 30.2 Å². The maximum atomic E-state index is 10.4. The van der Waals surface area contributed by atoms with Gasteiger partial charge in [0.25, 0.3) is 0 Å². The van der Waals surface area contributed by atoms with Gasteiger partial charge in [0.1, 0.15) is 0 Å². The van der Waals surface area contributed by atoms with Gasteiger partial charge in [0.05, 0.1) is 12.1 Å². The number of aromatic nitrogens is 3. The molecule has 0 saturated carbocycles. The zero-order chi connectivity index (χ0) is 9.97. The van der Waals surface area contributed by atoms with E-state index in [0.717, 1.165) is 11.3 Å². The molecule has 3 N–H and O–H groups in total. The van der Waals surface area contributed by atoms with Crippen LogP contribution in [-0.2, 0) is 11.2 Å². The molecule has 0 fully saturated rings. The number of nitrogens with zero attached hydrogens (tertiary/aromatic N) is 1. The Morgan fingerprint density at radius 1 is 1.50 bits per heavy atom. The number of hydrogen-bond acceptors (Lipinski definition) is 2. The fourth-order valence-corrected chi connectivity index (χ4v) is 1.27. The summed E-state index contributed by atoms with van der Waals surface area (Å²) in [5.74, 6) is -0.128. The first kappa shape index (κ1) is 8.55. The van der Waals surface area contributed by atoms with Gasteiger partial charge >= 0.3 is 5.97 Å². The highest BCUT2D eigenvalue weighted by molar-refractivity contribution is 5.70. The molecule has 0 spiro atoms. The summed E-state index contributed by atoms with van der Waals surface area (Å²) in [7, 11) is 0. The Balaban J connectivity index is 2.22. The van der Waals surface area contributed by atoms with Gasteiger partial charge in [-0.1, -0.05) is 0 Å². The van der Waals surface area contributed by atoms with Crippen molar-refractivity contribution in [2.24, 2.45) is 0 Å². The number of nitrogens with one attached hydrogen (secondary N) is 2. The third-order valence-electron chi connectivity index (χ3n) is 1.85. The van der Waals surface area contributed by atoms with Crippen LogP contribution in [0.4, 0.5) is 0 Å². The zero-order valence-electron chi connectivity index (χ0n) is 7.32. The Bertz CT molecular complexity index is 431. The van der Waals surface area contributed by atoms with Crippen molar-refractivity contribution in [1.82, 2.24) is 15.0 Å². The van der Waals surface area contributed by atoms with Gasteiger partial charge in [-0.05, 0) is 11.6 Å². The van der Waals surface area contributed by atoms with Crippen LogP contribution >= 0.6 is 0 Å². The van der Waals surface area contributed by atoms with Crippen LogP contribution in [0.3, 0.4) is 0 Å². The molecule has 2 rings (SSSR count). The molecule has 0 aliphatic carbocycles. The second kappa shape index (κ2) is 3.37. The van der Waals surface area contributed by atoms with Gasteiger partial charge in [0.2, 0.25) is 0 Å². The summed E-state index contributed by atoms with van der Waals surface area (Å²) in [5.41, 5.74) is 1.54. The summed E-state index contributed by atoms with van der Waals surface area (Å²) >= 11 is 0. The molecule has 0 aliphatic rings. The minimum atomic E-state index is -0.838. The first-order chi connectivity index (χ1) is 6.75. The second-order valence-corrected chi connectivity index (χ2v) is 2.93. The average Bonchev–Trinajstić information content (AvgIpc) is 2.69. The van der Waals surface area contributed by atoms with Gasteiger partial charge in [-0.2, -0.15) is 0 Å². The van der Waals surface area contributed by atoms with Gasteiger partial charge in [-0.25, -0.2) is 4.98 Å². The minimum absolute atomic E-state index is 0.0250. The third kappa shape index (κ3) is 1.66. The van der Waals surface area contributed by atoms with E-state index < -0.39 is 5.97 Å². The number of carboxylic acid groups (broad SMARTS) is 1. The molecule has 0 unspecified atom stereocenters. The summed E-state index contributed by atoms with van der Waals surface area (Å²) in [6.45, 7) is 0. The van der Waals surface area contributed by atoms with E-state index in [1.54, 1.807) is 24.7 Å². The molecular formula is C9H9N3O2. The Kier molecular flexibility index (Phi) is 2.06. The predicted octanol–water partition coefficient (Wildman–Crippen LogP) is 1.03.